The van der Waals surface area contributed by atoms with E-state index in [0.717, 1.165) is 36.1 Å². The van der Waals surface area contributed by atoms with E-state index in [1.54, 1.807) is 39.7 Å². The van der Waals surface area contributed by atoms with Crippen molar-refractivity contribution in [2.75, 3.05) is 13.1 Å². The summed E-state index contributed by atoms with van der Waals surface area (Å²) < 4.78 is 32.7. The summed E-state index contributed by atoms with van der Waals surface area (Å²) in [6.07, 6.45) is 4.67. The van der Waals surface area contributed by atoms with E-state index in [9.17, 15) is 13.2 Å². The first-order chi connectivity index (χ1) is 15.5. The van der Waals surface area contributed by atoms with Gasteiger partial charge in [0.2, 0.25) is 15.9 Å². The molecule has 168 valence electrons. The van der Waals surface area contributed by atoms with E-state index in [1.165, 1.54) is 0 Å². The Balaban J connectivity index is 1.46. The molecule has 0 atom stereocenters. The van der Waals surface area contributed by atoms with Crippen LogP contribution < -0.4 is 0 Å². The molecule has 6 nitrogen and oxygen atoms in total. The molecule has 1 amide bonds. The summed E-state index contributed by atoms with van der Waals surface area (Å²) in [5, 5.41) is 0. The molecule has 0 radical (unpaired) electrons. The van der Waals surface area contributed by atoms with Crippen LogP contribution in [-0.2, 0) is 34.3 Å². The number of hydrogen-bond acceptors (Lipinski definition) is 4. The van der Waals surface area contributed by atoms with Crippen LogP contribution in [0.25, 0.3) is 0 Å². The first-order valence-electron chi connectivity index (χ1n) is 11.0. The molecule has 0 aliphatic carbocycles. The Hall–Kier alpha value is -2.90. The highest BCUT2D eigenvalue weighted by molar-refractivity contribution is 7.89. The van der Waals surface area contributed by atoms with Gasteiger partial charge in [-0.15, -0.1) is 0 Å². The van der Waals surface area contributed by atoms with E-state index in [4.69, 9.17) is 4.42 Å². The van der Waals surface area contributed by atoms with Crippen molar-refractivity contribution < 1.29 is 17.6 Å². The lowest BCUT2D eigenvalue weighted by Crippen LogP contribution is -2.35. The number of rotatable bonds is 8. The van der Waals surface area contributed by atoms with Crippen LogP contribution in [0.1, 0.15) is 36.1 Å². The van der Waals surface area contributed by atoms with Crippen LogP contribution in [0.4, 0.5) is 0 Å². The highest BCUT2D eigenvalue weighted by atomic mass is 32.2. The summed E-state index contributed by atoms with van der Waals surface area (Å²) in [6, 6.07) is 20.2. The minimum Gasteiger partial charge on any atom is -0.467 e. The van der Waals surface area contributed by atoms with Crippen molar-refractivity contribution in [1.29, 1.82) is 0 Å². The van der Waals surface area contributed by atoms with Gasteiger partial charge >= 0.3 is 0 Å². The molecule has 0 bridgehead atoms. The molecule has 7 heteroatoms. The summed E-state index contributed by atoms with van der Waals surface area (Å²) >= 11 is 0. The van der Waals surface area contributed by atoms with Crippen molar-refractivity contribution in [3.8, 4) is 0 Å². The topological polar surface area (TPSA) is 70.8 Å². The SMILES string of the molecule is O=C(Cc1ccc(S(=O)(=O)N2CCCCC2)cc1)N(Cc1ccccc1)Cc1ccco1. The molecule has 2 heterocycles. The van der Waals surface area contributed by atoms with Crippen LogP contribution in [0.3, 0.4) is 0 Å². The van der Waals surface area contributed by atoms with Gasteiger partial charge in [0.25, 0.3) is 0 Å². The van der Waals surface area contributed by atoms with E-state index < -0.39 is 10.0 Å². The van der Waals surface area contributed by atoms with E-state index in [2.05, 4.69) is 0 Å². The molecular formula is C25H28N2O4S. The lowest BCUT2D eigenvalue weighted by atomic mass is 10.1. The van der Waals surface area contributed by atoms with Crippen LogP contribution in [-0.4, -0.2) is 36.6 Å². The molecule has 1 aliphatic rings. The van der Waals surface area contributed by atoms with Crippen molar-refractivity contribution in [1.82, 2.24) is 9.21 Å². The summed E-state index contributed by atoms with van der Waals surface area (Å²) in [4.78, 5) is 15.2. The second-order valence-corrected chi connectivity index (χ2v) is 10.0. The fourth-order valence-corrected chi connectivity index (χ4v) is 5.46. The second-order valence-electron chi connectivity index (χ2n) is 8.10. The smallest absolute Gasteiger partial charge is 0.243 e. The van der Waals surface area contributed by atoms with Gasteiger partial charge in [0.1, 0.15) is 5.76 Å². The maximum Gasteiger partial charge on any atom is 0.243 e. The molecular weight excluding hydrogens is 424 g/mol. The van der Waals surface area contributed by atoms with Crippen LogP contribution >= 0.6 is 0 Å². The van der Waals surface area contributed by atoms with Crippen molar-refractivity contribution in [3.63, 3.8) is 0 Å². The highest BCUT2D eigenvalue weighted by Crippen LogP contribution is 2.21. The Morgan fingerprint density at radius 2 is 1.56 bits per heavy atom. The third-order valence-corrected chi connectivity index (χ3v) is 7.64. The lowest BCUT2D eigenvalue weighted by molar-refractivity contribution is -0.132. The number of benzene rings is 2. The van der Waals surface area contributed by atoms with E-state index >= 15 is 0 Å². The fourth-order valence-electron chi connectivity index (χ4n) is 3.95. The van der Waals surface area contributed by atoms with Gasteiger partial charge in [-0.3, -0.25) is 4.79 Å². The van der Waals surface area contributed by atoms with Crippen LogP contribution in [0, 0.1) is 0 Å². The molecule has 32 heavy (non-hydrogen) atoms. The second kappa shape index (κ2) is 10.1. The monoisotopic (exact) mass is 452 g/mol. The number of nitrogens with zero attached hydrogens (tertiary/aromatic N) is 2. The molecule has 2 aromatic carbocycles. The molecule has 0 spiro atoms. The predicted octanol–water partition coefficient (Wildman–Crippen LogP) is 4.23. The van der Waals surface area contributed by atoms with Gasteiger partial charge < -0.3 is 9.32 Å². The summed E-state index contributed by atoms with van der Waals surface area (Å²) in [5.41, 5.74) is 1.82. The number of piperidine rings is 1. The number of sulfonamides is 1. The van der Waals surface area contributed by atoms with Crippen molar-refractivity contribution >= 4 is 15.9 Å². The summed E-state index contributed by atoms with van der Waals surface area (Å²) in [5.74, 6) is 0.675. The van der Waals surface area contributed by atoms with Crippen molar-refractivity contribution in [3.05, 3.63) is 89.9 Å². The van der Waals surface area contributed by atoms with E-state index in [-0.39, 0.29) is 17.2 Å². The van der Waals surface area contributed by atoms with Gasteiger partial charge in [0.05, 0.1) is 24.1 Å². The van der Waals surface area contributed by atoms with E-state index in [1.807, 2.05) is 42.5 Å². The fraction of sp³-hybridized carbons (Fsp3) is 0.320. The number of carbonyl (C=O) groups is 1. The van der Waals surface area contributed by atoms with Crippen LogP contribution in [0.5, 0.6) is 0 Å². The zero-order chi connectivity index (χ0) is 22.4. The lowest BCUT2D eigenvalue weighted by Gasteiger charge is -2.26. The summed E-state index contributed by atoms with van der Waals surface area (Å²) in [7, 11) is -3.47. The maximum absolute atomic E-state index is 13.1. The van der Waals surface area contributed by atoms with Gasteiger partial charge in [0.15, 0.2) is 0 Å². The zero-order valence-corrected chi connectivity index (χ0v) is 18.8. The average molecular weight is 453 g/mol. The van der Waals surface area contributed by atoms with Gasteiger partial charge in [0, 0.05) is 19.6 Å². The Labute approximate surface area is 189 Å². The predicted molar refractivity (Wildman–Crippen MR) is 122 cm³/mol. The molecule has 0 unspecified atom stereocenters. The quantitative estimate of drug-likeness (QED) is 0.513. The van der Waals surface area contributed by atoms with Gasteiger partial charge in [-0.1, -0.05) is 48.9 Å². The number of carbonyl (C=O) groups excluding carboxylic acids is 1. The molecule has 3 aromatic rings. The minimum absolute atomic E-state index is 0.0445. The molecule has 0 saturated carbocycles. The first kappa shape index (κ1) is 22.3. The Kier molecular flexibility index (Phi) is 7.07. The number of furan rings is 1. The Morgan fingerprint density at radius 3 is 2.22 bits per heavy atom. The highest BCUT2D eigenvalue weighted by Gasteiger charge is 2.26. The minimum atomic E-state index is -3.47. The van der Waals surface area contributed by atoms with Crippen molar-refractivity contribution in [2.24, 2.45) is 0 Å². The molecule has 4 rings (SSSR count). The maximum atomic E-state index is 13.1. The Bertz CT molecular complexity index is 1100. The third kappa shape index (κ3) is 5.47. The van der Waals surface area contributed by atoms with E-state index in [0.29, 0.717) is 26.2 Å². The zero-order valence-electron chi connectivity index (χ0n) is 18.0. The molecule has 0 N–H and O–H groups in total. The molecule has 1 saturated heterocycles. The standard InChI is InChI=1S/C25H28N2O4S/c28-25(26(20-23-10-7-17-31-23)19-22-8-3-1-4-9-22)18-21-11-13-24(14-12-21)32(29,30)27-15-5-2-6-16-27/h1,3-4,7-14,17H,2,5-6,15-16,18-20H2. The van der Waals surface area contributed by atoms with Gasteiger partial charge in [-0.25, -0.2) is 8.42 Å². The molecule has 1 aliphatic heterocycles. The van der Waals surface area contributed by atoms with Crippen LogP contribution in [0.15, 0.2) is 82.3 Å². The van der Waals surface area contributed by atoms with Crippen LogP contribution in [0.2, 0.25) is 0 Å². The largest absolute Gasteiger partial charge is 0.467 e. The first-order valence-corrected chi connectivity index (χ1v) is 12.4. The third-order valence-electron chi connectivity index (χ3n) is 5.73. The number of hydrogen-bond donors (Lipinski definition) is 0. The normalized spacial score (nSPS) is 14.9. The van der Waals surface area contributed by atoms with Crippen molar-refractivity contribution in [2.45, 2.75) is 43.7 Å². The van der Waals surface area contributed by atoms with Gasteiger partial charge in [-0.05, 0) is 48.2 Å². The summed E-state index contributed by atoms with van der Waals surface area (Å²) in [6.45, 7) is 2.00. The molecule has 1 fully saturated rings. The molecule has 1 aromatic heterocycles. The Morgan fingerprint density at radius 1 is 0.844 bits per heavy atom. The average Bonchev–Trinajstić information content (AvgIpc) is 3.33. The number of amides is 1. The van der Waals surface area contributed by atoms with Gasteiger partial charge in [-0.2, -0.15) is 4.31 Å².